The second-order valence-electron chi connectivity index (χ2n) is 5.92. The van der Waals surface area contributed by atoms with Crippen molar-refractivity contribution in [3.63, 3.8) is 0 Å². The lowest BCUT2D eigenvalue weighted by Gasteiger charge is -2.16. The summed E-state index contributed by atoms with van der Waals surface area (Å²) in [5.41, 5.74) is 1.77. The summed E-state index contributed by atoms with van der Waals surface area (Å²) >= 11 is 0. The fourth-order valence-corrected chi connectivity index (χ4v) is 2.63. The number of nitro groups is 1. The Morgan fingerprint density at radius 2 is 2.04 bits per heavy atom. The van der Waals surface area contributed by atoms with E-state index >= 15 is 0 Å². The molecule has 3 rings (SSSR count). The second-order valence-corrected chi connectivity index (χ2v) is 5.92. The number of benzene rings is 2. The van der Waals surface area contributed by atoms with E-state index in [2.05, 4.69) is 15.0 Å². The summed E-state index contributed by atoms with van der Waals surface area (Å²) in [4.78, 5) is 16.8. The van der Waals surface area contributed by atoms with Gasteiger partial charge in [-0.1, -0.05) is 24.3 Å². The molecule has 0 radical (unpaired) electrons. The van der Waals surface area contributed by atoms with Gasteiger partial charge in [0.05, 0.1) is 18.7 Å². The normalized spacial score (nSPS) is 10.9. The summed E-state index contributed by atoms with van der Waals surface area (Å²) in [5.74, 6) is 1.29. The summed E-state index contributed by atoms with van der Waals surface area (Å²) in [6, 6.07) is 14.2. The van der Waals surface area contributed by atoms with E-state index in [1.54, 1.807) is 30.3 Å². The molecule has 134 valence electrons. The first-order valence-corrected chi connectivity index (χ1v) is 8.01. The molecule has 3 aromatic rings. The number of methoxy groups -OCH3 is 1. The van der Waals surface area contributed by atoms with Crippen LogP contribution in [0.5, 0.6) is 5.75 Å². The minimum atomic E-state index is -0.428. The highest BCUT2D eigenvalue weighted by molar-refractivity contribution is 5.58. The van der Waals surface area contributed by atoms with Gasteiger partial charge < -0.3 is 4.74 Å². The quantitative estimate of drug-likeness (QED) is 0.479. The zero-order valence-electron chi connectivity index (χ0n) is 14.6. The van der Waals surface area contributed by atoms with Crippen molar-refractivity contribution in [2.75, 3.05) is 14.2 Å². The van der Waals surface area contributed by atoms with Crippen LogP contribution in [0.15, 0.2) is 54.9 Å². The van der Waals surface area contributed by atoms with Crippen LogP contribution < -0.4 is 4.74 Å². The summed E-state index contributed by atoms with van der Waals surface area (Å²) < 4.78 is 6.94. The van der Waals surface area contributed by atoms with E-state index in [4.69, 9.17) is 4.74 Å². The number of rotatable bonds is 7. The smallest absolute Gasteiger partial charge is 0.270 e. The van der Waals surface area contributed by atoms with Crippen molar-refractivity contribution in [2.24, 2.45) is 0 Å². The van der Waals surface area contributed by atoms with Gasteiger partial charge in [0.25, 0.3) is 5.69 Å². The van der Waals surface area contributed by atoms with Gasteiger partial charge in [0, 0.05) is 24.2 Å². The third-order valence-electron chi connectivity index (χ3n) is 3.82. The Balaban J connectivity index is 1.68. The second kappa shape index (κ2) is 7.75. The van der Waals surface area contributed by atoms with E-state index in [0.29, 0.717) is 18.1 Å². The summed E-state index contributed by atoms with van der Waals surface area (Å²) in [6.07, 6.45) is 1.62. The van der Waals surface area contributed by atoms with Crippen LogP contribution in [0.3, 0.4) is 0 Å². The van der Waals surface area contributed by atoms with Crippen molar-refractivity contribution in [3.05, 3.63) is 70.5 Å². The van der Waals surface area contributed by atoms with E-state index in [1.807, 2.05) is 31.3 Å². The highest BCUT2D eigenvalue weighted by atomic mass is 16.6. The molecule has 0 unspecified atom stereocenters. The summed E-state index contributed by atoms with van der Waals surface area (Å²) in [7, 11) is 3.63. The Morgan fingerprint density at radius 3 is 2.81 bits per heavy atom. The predicted octanol–water partition coefficient (Wildman–Crippen LogP) is 2.95. The van der Waals surface area contributed by atoms with Gasteiger partial charge in [0.1, 0.15) is 12.1 Å². The van der Waals surface area contributed by atoms with E-state index in [9.17, 15) is 10.1 Å². The molecule has 0 spiro atoms. The molecule has 8 nitrogen and oxygen atoms in total. The van der Waals surface area contributed by atoms with Gasteiger partial charge in [-0.2, -0.15) is 0 Å². The van der Waals surface area contributed by atoms with Crippen molar-refractivity contribution in [3.8, 4) is 17.1 Å². The average Bonchev–Trinajstić information content (AvgIpc) is 3.10. The molecule has 0 amide bonds. The predicted molar refractivity (Wildman–Crippen MR) is 96.6 cm³/mol. The zero-order valence-corrected chi connectivity index (χ0v) is 14.6. The molecular weight excluding hydrogens is 334 g/mol. The average molecular weight is 353 g/mol. The maximum Gasteiger partial charge on any atom is 0.270 e. The molecule has 0 fully saturated rings. The molecule has 1 aromatic heterocycles. The van der Waals surface area contributed by atoms with Crippen molar-refractivity contribution >= 4 is 5.69 Å². The lowest BCUT2D eigenvalue weighted by molar-refractivity contribution is -0.384. The van der Waals surface area contributed by atoms with Crippen LogP contribution in [0, 0.1) is 10.1 Å². The Morgan fingerprint density at radius 1 is 1.23 bits per heavy atom. The molecule has 1 heterocycles. The first kappa shape index (κ1) is 17.6. The number of nitro benzene ring substituents is 1. The van der Waals surface area contributed by atoms with E-state index in [0.717, 1.165) is 17.9 Å². The zero-order chi connectivity index (χ0) is 18.5. The van der Waals surface area contributed by atoms with Crippen molar-refractivity contribution < 1.29 is 9.66 Å². The molecule has 0 N–H and O–H groups in total. The number of non-ortho nitro benzene ring substituents is 1. The summed E-state index contributed by atoms with van der Waals surface area (Å²) in [5, 5.41) is 15.3. The largest absolute Gasteiger partial charge is 0.497 e. The van der Waals surface area contributed by atoms with Crippen LogP contribution >= 0.6 is 0 Å². The van der Waals surface area contributed by atoms with Crippen LogP contribution in [0.25, 0.3) is 11.4 Å². The molecular formula is C18H19N5O3. The van der Waals surface area contributed by atoms with Gasteiger partial charge in [0.15, 0.2) is 5.82 Å². The van der Waals surface area contributed by atoms with Crippen molar-refractivity contribution in [2.45, 2.75) is 13.2 Å². The first-order valence-electron chi connectivity index (χ1n) is 8.01. The van der Waals surface area contributed by atoms with Crippen molar-refractivity contribution in [1.82, 2.24) is 19.7 Å². The molecule has 26 heavy (non-hydrogen) atoms. The molecule has 2 aromatic carbocycles. The van der Waals surface area contributed by atoms with Crippen LogP contribution in [-0.4, -0.2) is 38.7 Å². The number of hydrogen-bond donors (Lipinski definition) is 0. The molecule has 0 aliphatic heterocycles. The van der Waals surface area contributed by atoms with Crippen molar-refractivity contribution in [1.29, 1.82) is 0 Å². The number of nitrogens with zero attached hydrogens (tertiary/aromatic N) is 5. The molecule has 8 heteroatoms. The lowest BCUT2D eigenvalue weighted by atomic mass is 10.2. The summed E-state index contributed by atoms with van der Waals surface area (Å²) in [6.45, 7) is 1.27. The molecule has 0 aliphatic carbocycles. The number of ether oxygens (including phenoxy) is 1. The van der Waals surface area contributed by atoms with Gasteiger partial charge >= 0.3 is 0 Å². The topological polar surface area (TPSA) is 86.3 Å². The number of hydrogen-bond acceptors (Lipinski definition) is 6. The Bertz CT molecular complexity index is 909. The van der Waals surface area contributed by atoms with Gasteiger partial charge in [-0.25, -0.2) is 9.67 Å². The molecule has 0 atom stereocenters. The number of aromatic nitrogens is 3. The fourth-order valence-electron chi connectivity index (χ4n) is 2.63. The van der Waals surface area contributed by atoms with Crippen LogP contribution in [0.2, 0.25) is 0 Å². The molecule has 0 saturated carbocycles. The molecule has 0 aliphatic rings. The minimum Gasteiger partial charge on any atom is -0.497 e. The Labute approximate surface area is 150 Å². The molecule has 0 saturated heterocycles. The van der Waals surface area contributed by atoms with Gasteiger partial charge in [-0.05, 0) is 24.7 Å². The van der Waals surface area contributed by atoms with Crippen LogP contribution in [0.1, 0.15) is 5.56 Å². The SMILES string of the molecule is COc1cccc(CN(C)Cn2cnc(-c3cccc([N+](=O)[O-])c3)n2)c1. The highest BCUT2D eigenvalue weighted by Gasteiger charge is 2.11. The third kappa shape index (κ3) is 4.22. The third-order valence-corrected chi connectivity index (χ3v) is 3.82. The first-order chi connectivity index (χ1) is 12.5. The monoisotopic (exact) mass is 353 g/mol. The van der Waals surface area contributed by atoms with Crippen LogP contribution in [-0.2, 0) is 13.2 Å². The van der Waals surface area contributed by atoms with Gasteiger partial charge in [0.2, 0.25) is 0 Å². The van der Waals surface area contributed by atoms with Crippen LogP contribution in [0.4, 0.5) is 5.69 Å². The van der Waals surface area contributed by atoms with E-state index in [1.165, 1.54) is 12.1 Å². The fraction of sp³-hybridized carbons (Fsp3) is 0.222. The van der Waals surface area contributed by atoms with E-state index in [-0.39, 0.29) is 5.69 Å². The molecule has 0 bridgehead atoms. The van der Waals surface area contributed by atoms with Gasteiger partial charge in [-0.15, -0.1) is 5.10 Å². The minimum absolute atomic E-state index is 0.0222. The standard InChI is InChI=1S/C18H19N5O3/c1-21(11-14-5-3-8-17(9-14)26-2)13-22-12-19-18(20-22)15-6-4-7-16(10-15)23(24)25/h3-10,12H,11,13H2,1-2H3. The highest BCUT2D eigenvalue weighted by Crippen LogP contribution is 2.20. The lowest BCUT2D eigenvalue weighted by Crippen LogP contribution is -2.22. The Kier molecular flexibility index (Phi) is 5.23. The van der Waals surface area contributed by atoms with Gasteiger partial charge in [-0.3, -0.25) is 15.0 Å². The maximum absolute atomic E-state index is 10.9. The Hall–Kier alpha value is -3.26. The van der Waals surface area contributed by atoms with E-state index < -0.39 is 4.92 Å². The maximum atomic E-state index is 10.9.